The van der Waals surface area contributed by atoms with Crippen LogP contribution in [0.3, 0.4) is 0 Å². The molecule has 6 heteroatoms. The van der Waals surface area contributed by atoms with Crippen LogP contribution in [0.25, 0.3) is 26.9 Å². The largest absolute Gasteiger partial charge is 0.507 e. The number of aromatic hydroxyl groups is 3. The van der Waals surface area contributed by atoms with Gasteiger partial charge in [0.1, 0.15) is 11.5 Å². The van der Waals surface area contributed by atoms with Gasteiger partial charge < -0.3 is 15.3 Å². The van der Waals surface area contributed by atoms with Crippen molar-refractivity contribution >= 4 is 22.2 Å². The molecule has 0 saturated carbocycles. The molecule has 0 saturated heterocycles. The zero-order valence-corrected chi connectivity index (χ0v) is 12.5. The average molecular weight is 319 g/mol. The molecule has 0 fully saturated rings. The van der Waals surface area contributed by atoms with Crippen LogP contribution in [0.15, 0.2) is 30.3 Å². The summed E-state index contributed by atoms with van der Waals surface area (Å²) in [6.45, 7) is 1.73. The number of nitrogens with zero attached hydrogens (tertiary/aromatic N) is 2. The standard InChI is InChI=1S/C18H10N2O4/c1-7-5-9-13(11(22)6-7)14-15(18(24)16(9)20-19)12-8(17(14)23)3-2-4-10(12)21/h2-6,19H,1H3,(H,22,24)/p+1. The third kappa shape index (κ3) is 1.53. The van der Waals surface area contributed by atoms with Gasteiger partial charge in [0.25, 0.3) is 0 Å². The molecule has 1 aliphatic carbocycles. The first kappa shape index (κ1) is 14.0. The molecule has 0 unspecified atom stereocenters. The van der Waals surface area contributed by atoms with Crippen LogP contribution in [0, 0.1) is 12.3 Å². The SMILES string of the molecule is Cc1cc(O)c2c3c(c(O)c([N+]#N)c2c1)-c1c(O)cccc1C3=O. The molecule has 3 aromatic carbocycles. The molecule has 116 valence electrons. The molecule has 3 N–H and O–H groups in total. The molecule has 0 heterocycles. The van der Waals surface area contributed by atoms with Crippen LogP contribution in [0.2, 0.25) is 0 Å². The second-order valence-corrected chi connectivity index (χ2v) is 5.78. The fraction of sp³-hybridized carbons (Fsp3) is 0.0556. The number of benzene rings is 3. The number of phenols is 3. The molecule has 6 nitrogen and oxygen atoms in total. The number of fused-ring (bicyclic) bond motifs is 5. The van der Waals surface area contributed by atoms with Gasteiger partial charge in [0.15, 0.2) is 10.8 Å². The van der Waals surface area contributed by atoms with Crippen molar-refractivity contribution < 1.29 is 20.1 Å². The zero-order valence-electron chi connectivity index (χ0n) is 12.5. The van der Waals surface area contributed by atoms with Crippen molar-refractivity contribution in [1.29, 1.82) is 5.39 Å². The third-order valence-corrected chi connectivity index (χ3v) is 4.34. The van der Waals surface area contributed by atoms with E-state index in [1.807, 2.05) is 0 Å². The van der Waals surface area contributed by atoms with Gasteiger partial charge in [-0.2, -0.15) is 0 Å². The summed E-state index contributed by atoms with van der Waals surface area (Å²) in [7, 11) is 0. The second kappa shape index (κ2) is 4.46. The van der Waals surface area contributed by atoms with Gasteiger partial charge in [-0.3, -0.25) is 4.79 Å². The number of ketones is 1. The zero-order chi connectivity index (χ0) is 17.2. The Balaban J connectivity index is 2.33. The van der Waals surface area contributed by atoms with Gasteiger partial charge in [0.2, 0.25) is 11.1 Å². The third-order valence-electron chi connectivity index (χ3n) is 4.34. The maximum atomic E-state index is 12.8. The van der Waals surface area contributed by atoms with Gasteiger partial charge in [-0.25, -0.2) is 0 Å². The molecular formula is C18H11N2O4+. The Bertz CT molecular complexity index is 1130. The van der Waals surface area contributed by atoms with E-state index < -0.39 is 11.5 Å². The van der Waals surface area contributed by atoms with Crippen LogP contribution in [-0.4, -0.2) is 21.1 Å². The summed E-state index contributed by atoms with van der Waals surface area (Å²) >= 11 is 0. The van der Waals surface area contributed by atoms with Crippen molar-refractivity contribution in [2.75, 3.05) is 0 Å². The van der Waals surface area contributed by atoms with Crippen LogP contribution in [0.1, 0.15) is 21.5 Å². The van der Waals surface area contributed by atoms with E-state index in [-0.39, 0.29) is 50.2 Å². The number of hydrogen-bond donors (Lipinski definition) is 3. The normalized spacial score (nSPS) is 12.1. The molecule has 0 amide bonds. The number of carbonyl (C=O) groups excluding carboxylic acids is 1. The highest BCUT2D eigenvalue weighted by atomic mass is 16.3. The van der Waals surface area contributed by atoms with E-state index >= 15 is 0 Å². The Labute approximate surface area is 135 Å². The summed E-state index contributed by atoms with van der Waals surface area (Å²) in [5, 5.41) is 40.9. The maximum absolute atomic E-state index is 12.8. The van der Waals surface area contributed by atoms with Gasteiger partial charge in [-0.05, 0) is 30.7 Å². The lowest BCUT2D eigenvalue weighted by Crippen LogP contribution is -1.97. The maximum Gasteiger partial charge on any atom is 0.434 e. The lowest BCUT2D eigenvalue weighted by atomic mass is 9.94. The molecular weight excluding hydrogens is 308 g/mol. The Morgan fingerprint density at radius 3 is 2.46 bits per heavy atom. The number of aryl methyl sites for hydroxylation is 1. The molecule has 0 bridgehead atoms. The molecule has 0 atom stereocenters. The monoisotopic (exact) mass is 319 g/mol. The number of phenolic OH excluding ortho intramolecular Hbond substituents is 3. The fourth-order valence-electron chi connectivity index (χ4n) is 3.40. The smallest absolute Gasteiger partial charge is 0.434 e. The molecule has 3 aromatic rings. The molecule has 24 heavy (non-hydrogen) atoms. The average Bonchev–Trinajstić information content (AvgIpc) is 2.82. The van der Waals surface area contributed by atoms with Crippen LogP contribution in [0.4, 0.5) is 5.69 Å². The summed E-state index contributed by atoms with van der Waals surface area (Å²) in [6, 6.07) is 7.55. The molecule has 0 aromatic heterocycles. The number of carbonyl (C=O) groups is 1. The van der Waals surface area contributed by atoms with Crippen molar-refractivity contribution in [2.24, 2.45) is 0 Å². The second-order valence-electron chi connectivity index (χ2n) is 5.78. The summed E-state index contributed by atoms with van der Waals surface area (Å²) in [5.41, 5.74) is 1.05. The van der Waals surface area contributed by atoms with Gasteiger partial charge in [-0.1, -0.05) is 12.1 Å². The Morgan fingerprint density at radius 2 is 1.75 bits per heavy atom. The van der Waals surface area contributed by atoms with E-state index in [1.165, 1.54) is 24.3 Å². The first-order chi connectivity index (χ1) is 11.5. The van der Waals surface area contributed by atoms with Crippen LogP contribution < -0.4 is 0 Å². The molecule has 0 aliphatic heterocycles. The topological polar surface area (TPSA) is 106 Å². The van der Waals surface area contributed by atoms with Crippen LogP contribution >= 0.6 is 0 Å². The van der Waals surface area contributed by atoms with Crippen molar-refractivity contribution in [3.63, 3.8) is 0 Å². The Kier molecular flexibility index (Phi) is 2.61. The van der Waals surface area contributed by atoms with Crippen LogP contribution in [-0.2, 0) is 0 Å². The minimum Gasteiger partial charge on any atom is -0.507 e. The Morgan fingerprint density at radius 1 is 1.00 bits per heavy atom. The first-order valence-electron chi connectivity index (χ1n) is 7.20. The predicted octanol–water partition coefficient (Wildman–Crippen LogP) is 3.96. The van der Waals surface area contributed by atoms with Gasteiger partial charge in [0, 0.05) is 27.6 Å². The molecule has 0 radical (unpaired) electrons. The highest BCUT2D eigenvalue weighted by Gasteiger charge is 2.39. The van der Waals surface area contributed by atoms with E-state index in [1.54, 1.807) is 13.0 Å². The molecule has 0 spiro atoms. The lowest BCUT2D eigenvalue weighted by molar-refractivity contribution is 0.104. The fourth-order valence-corrected chi connectivity index (χ4v) is 3.40. The van der Waals surface area contributed by atoms with E-state index in [0.29, 0.717) is 5.56 Å². The summed E-state index contributed by atoms with van der Waals surface area (Å²) in [6.07, 6.45) is 0. The lowest BCUT2D eigenvalue weighted by Gasteiger charge is -2.09. The van der Waals surface area contributed by atoms with Crippen molar-refractivity contribution in [3.8, 4) is 28.4 Å². The van der Waals surface area contributed by atoms with Gasteiger partial charge in [0.05, 0.1) is 5.39 Å². The first-order valence-corrected chi connectivity index (χ1v) is 7.20. The minimum absolute atomic E-state index is 0.0625. The summed E-state index contributed by atoms with van der Waals surface area (Å²) in [4.78, 5) is 15.9. The van der Waals surface area contributed by atoms with E-state index in [9.17, 15) is 25.5 Å². The predicted molar refractivity (Wildman–Crippen MR) is 87.3 cm³/mol. The van der Waals surface area contributed by atoms with Crippen molar-refractivity contribution in [3.05, 3.63) is 52.0 Å². The van der Waals surface area contributed by atoms with E-state index in [0.717, 1.165) is 0 Å². The summed E-state index contributed by atoms with van der Waals surface area (Å²) < 4.78 is 0. The highest BCUT2D eigenvalue weighted by Crippen LogP contribution is 2.55. The van der Waals surface area contributed by atoms with Gasteiger partial charge in [-0.15, -0.1) is 0 Å². The number of diazo groups is 1. The summed E-state index contributed by atoms with van der Waals surface area (Å²) in [5.74, 6) is -1.17. The van der Waals surface area contributed by atoms with E-state index in [4.69, 9.17) is 0 Å². The van der Waals surface area contributed by atoms with Crippen molar-refractivity contribution in [2.45, 2.75) is 6.92 Å². The molecule has 1 aliphatic rings. The number of hydrogen-bond acceptors (Lipinski definition) is 5. The highest BCUT2D eigenvalue weighted by molar-refractivity contribution is 6.31. The minimum atomic E-state index is -0.418. The molecule has 4 rings (SSSR count). The van der Waals surface area contributed by atoms with Gasteiger partial charge >= 0.3 is 5.69 Å². The number of rotatable bonds is 0. The van der Waals surface area contributed by atoms with Crippen molar-refractivity contribution in [1.82, 2.24) is 0 Å². The van der Waals surface area contributed by atoms with E-state index in [2.05, 4.69) is 4.98 Å². The van der Waals surface area contributed by atoms with Crippen LogP contribution in [0.5, 0.6) is 17.2 Å². The quantitative estimate of drug-likeness (QED) is 0.425. The Hall–Kier alpha value is -3.59.